The zero-order valence-corrected chi connectivity index (χ0v) is 9.47. The number of hydrogen-bond acceptors (Lipinski definition) is 5. The van der Waals surface area contributed by atoms with E-state index in [2.05, 4.69) is 15.5 Å². The third-order valence-corrected chi connectivity index (χ3v) is 2.38. The molecule has 0 atom stereocenters. The van der Waals surface area contributed by atoms with Crippen molar-refractivity contribution in [3.63, 3.8) is 0 Å². The molecule has 0 amide bonds. The molecule has 0 saturated heterocycles. The van der Waals surface area contributed by atoms with Crippen molar-refractivity contribution >= 4 is 16.6 Å². The first-order chi connectivity index (χ1) is 8.36. The van der Waals surface area contributed by atoms with Crippen LogP contribution in [0.4, 0.5) is 5.69 Å². The lowest BCUT2D eigenvalue weighted by Gasteiger charge is -2.09. The minimum Gasteiger partial charge on any atom is -0.383 e. The van der Waals surface area contributed by atoms with Crippen LogP contribution in [0.15, 0.2) is 24.3 Å². The topological polar surface area (TPSA) is 70.8 Å². The Morgan fingerprint density at radius 3 is 2.94 bits per heavy atom. The second-order valence-electron chi connectivity index (χ2n) is 3.47. The molecular weight excluding hydrogens is 216 g/mol. The van der Waals surface area contributed by atoms with Crippen molar-refractivity contribution in [1.29, 1.82) is 5.26 Å². The molecule has 0 saturated carbocycles. The number of nitrogens with one attached hydrogen (secondary N) is 1. The van der Waals surface area contributed by atoms with Gasteiger partial charge in [-0.3, -0.25) is 0 Å². The molecule has 0 fully saturated rings. The van der Waals surface area contributed by atoms with Gasteiger partial charge in [0.1, 0.15) is 6.07 Å². The van der Waals surface area contributed by atoms with Gasteiger partial charge in [0.05, 0.1) is 17.8 Å². The molecule has 2 aromatic rings. The Bertz CT molecular complexity index is 562. The van der Waals surface area contributed by atoms with Gasteiger partial charge in [0.2, 0.25) is 0 Å². The first-order valence-corrected chi connectivity index (χ1v) is 5.25. The molecule has 2 rings (SSSR count). The van der Waals surface area contributed by atoms with Gasteiger partial charge in [-0.15, -0.1) is 10.2 Å². The van der Waals surface area contributed by atoms with E-state index >= 15 is 0 Å². The third kappa shape index (κ3) is 2.32. The third-order valence-electron chi connectivity index (χ3n) is 2.38. The van der Waals surface area contributed by atoms with Gasteiger partial charge in [-0.2, -0.15) is 5.26 Å². The summed E-state index contributed by atoms with van der Waals surface area (Å²) in [5.74, 6) is 0. The van der Waals surface area contributed by atoms with Gasteiger partial charge in [-0.05, 0) is 6.07 Å². The average Bonchev–Trinajstić information content (AvgIpc) is 2.39. The van der Waals surface area contributed by atoms with Gasteiger partial charge in [-0.25, -0.2) is 0 Å². The van der Waals surface area contributed by atoms with Crippen molar-refractivity contribution in [2.24, 2.45) is 0 Å². The van der Waals surface area contributed by atoms with Gasteiger partial charge in [0.25, 0.3) is 0 Å². The van der Waals surface area contributed by atoms with Crippen LogP contribution in [0, 0.1) is 11.3 Å². The van der Waals surface area contributed by atoms with E-state index < -0.39 is 0 Å². The zero-order valence-electron chi connectivity index (χ0n) is 9.47. The SMILES string of the molecule is COCCNc1c(C#N)nnc2ccccc12. The van der Waals surface area contributed by atoms with Gasteiger partial charge in [-0.1, -0.05) is 18.2 Å². The Labute approximate surface area is 99.0 Å². The van der Waals surface area contributed by atoms with Crippen molar-refractivity contribution in [3.05, 3.63) is 30.0 Å². The van der Waals surface area contributed by atoms with Crippen LogP contribution < -0.4 is 5.32 Å². The van der Waals surface area contributed by atoms with E-state index in [0.29, 0.717) is 18.8 Å². The van der Waals surface area contributed by atoms with Crippen LogP contribution in [-0.4, -0.2) is 30.5 Å². The highest BCUT2D eigenvalue weighted by Gasteiger charge is 2.08. The van der Waals surface area contributed by atoms with Crippen LogP contribution in [0.1, 0.15) is 5.69 Å². The van der Waals surface area contributed by atoms with Crippen molar-refractivity contribution in [2.75, 3.05) is 25.6 Å². The largest absolute Gasteiger partial charge is 0.383 e. The maximum atomic E-state index is 9.01. The summed E-state index contributed by atoms with van der Waals surface area (Å²) in [5, 5.41) is 21.0. The lowest BCUT2D eigenvalue weighted by atomic mass is 10.1. The summed E-state index contributed by atoms with van der Waals surface area (Å²) in [4.78, 5) is 0. The Kier molecular flexibility index (Phi) is 3.48. The molecule has 0 aliphatic rings. The minimum atomic E-state index is 0.305. The summed E-state index contributed by atoms with van der Waals surface area (Å²) in [6, 6.07) is 9.62. The molecule has 1 aromatic carbocycles. The fourth-order valence-corrected chi connectivity index (χ4v) is 1.59. The Hall–Kier alpha value is -2.19. The molecule has 86 valence electrons. The number of methoxy groups -OCH3 is 1. The van der Waals surface area contributed by atoms with Crippen LogP contribution in [0.2, 0.25) is 0 Å². The van der Waals surface area contributed by atoms with Gasteiger partial charge >= 0.3 is 0 Å². The number of ether oxygens (including phenoxy) is 1. The molecule has 5 heteroatoms. The smallest absolute Gasteiger partial charge is 0.186 e. The molecular formula is C12H12N4O. The van der Waals surface area contributed by atoms with Crippen LogP contribution in [-0.2, 0) is 4.74 Å². The number of nitrogens with zero attached hydrogens (tertiary/aromatic N) is 3. The molecule has 0 radical (unpaired) electrons. The second kappa shape index (κ2) is 5.23. The molecule has 5 nitrogen and oxygen atoms in total. The summed E-state index contributed by atoms with van der Waals surface area (Å²) >= 11 is 0. The van der Waals surface area contributed by atoms with E-state index in [0.717, 1.165) is 16.6 Å². The maximum absolute atomic E-state index is 9.01. The predicted molar refractivity (Wildman–Crippen MR) is 64.6 cm³/mol. The summed E-state index contributed by atoms with van der Waals surface area (Å²) in [6.07, 6.45) is 0. The molecule has 1 heterocycles. The maximum Gasteiger partial charge on any atom is 0.186 e. The Morgan fingerprint density at radius 1 is 1.35 bits per heavy atom. The zero-order chi connectivity index (χ0) is 12.1. The van der Waals surface area contributed by atoms with Crippen molar-refractivity contribution < 1.29 is 4.74 Å². The van der Waals surface area contributed by atoms with E-state index in [9.17, 15) is 0 Å². The van der Waals surface area contributed by atoms with Crippen molar-refractivity contribution in [3.8, 4) is 6.07 Å². The second-order valence-corrected chi connectivity index (χ2v) is 3.47. The average molecular weight is 228 g/mol. The fourth-order valence-electron chi connectivity index (χ4n) is 1.59. The van der Waals surface area contributed by atoms with Crippen molar-refractivity contribution in [1.82, 2.24) is 10.2 Å². The number of fused-ring (bicyclic) bond motifs is 1. The number of anilines is 1. The summed E-state index contributed by atoms with van der Waals surface area (Å²) in [5.41, 5.74) is 1.79. The van der Waals surface area contributed by atoms with Gasteiger partial charge in [0, 0.05) is 19.0 Å². The molecule has 0 aliphatic heterocycles. The van der Waals surface area contributed by atoms with Crippen LogP contribution in [0.25, 0.3) is 10.9 Å². The first kappa shape index (κ1) is 11.3. The number of benzene rings is 1. The van der Waals surface area contributed by atoms with Gasteiger partial charge < -0.3 is 10.1 Å². The molecule has 1 N–H and O–H groups in total. The van der Waals surface area contributed by atoms with E-state index in [-0.39, 0.29) is 0 Å². The number of hydrogen-bond donors (Lipinski definition) is 1. The number of aromatic nitrogens is 2. The van der Waals surface area contributed by atoms with E-state index in [1.807, 2.05) is 30.3 Å². The molecule has 0 unspecified atom stereocenters. The Balaban J connectivity index is 2.45. The highest BCUT2D eigenvalue weighted by atomic mass is 16.5. The van der Waals surface area contributed by atoms with Crippen LogP contribution in [0.3, 0.4) is 0 Å². The summed E-state index contributed by atoms with van der Waals surface area (Å²) < 4.78 is 4.97. The molecule has 1 aromatic heterocycles. The molecule has 0 aliphatic carbocycles. The highest BCUT2D eigenvalue weighted by Crippen LogP contribution is 2.23. The normalized spacial score (nSPS) is 10.1. The quantitative estimate of drug-likeness (QED) is 0.804. The molecule has 0 bridgehead atoms. The summed E-state index contributed by atoms with van der Waals surface area (Å²) in [6.45, 7) is 1.20. The standard InChI is InChI=1S/C12H12N4O/c1-17-7-6-14-12-9-4-2-3-5-10(9)15-16-11(12)8-13/h2-5H,6-7H2,1H3,(H,14,15). The number of rotatable bonds is 4. The van der Waals surface area contributed by atoms with E-state index in [1.54, 1.807) is 7.11 Å². The summed E-state index contributed by atoms with van der Waals surface area (Å²) in [7, 11) is 1.63. The highest BCUT2D eigenvalue weighted by molar-refractivity contribution is 5.92. The Morgan fingerprint density at radius 2 is 2.18 bits per heavy atom. The minimum absolute atomic E-state index is 0.305. The lowest BCUT2D eigenvalue weighted by molar-refractivity contribution is 0.211. The lowest BCUT2D eigenvalue weighted by Crippen LogP contribution is -2.10. The predicted octanol–water partition coefficient (Wildman–Crippen LogP) is 1.56. The monoisotopic (exact) mass is 228 g/mol. The molecule has 17 heavy (non-hydrogen) atoms. The fraction of sp³-hybridized carbons (Fsp3) is 0.250. The van der Waals surface area contributed by atoms with Crippen molar-refractivity contribution in [2.45, 2.75) is 0 Å². The first-order valence-electron chi connectivity index (χ1n) is 5.25. The number of nitriles is 1. The molecule has 0 spiro atoms. The van der Waals surface area contributed by atoms with Crippen LogP contribution in [0.5, 0.6) is 0 Å². The van der Waals surface area contributed by atoms with Crippen LogP contribution >= 0.6 is 0 Å². The van der Waals surface area contributed by atoms with E-state index in [4.69, 9.17) is 10.00 Å². The van der Waals surface area contributed by atoms with Gasteiger partial charge in [0.15, 0.2) is 5.69 Å². The van der Waals surface area contributed by atoms with E-state index in [1.165, 1.54) is 0 Å².